The Kier molecular flexibility index (Phi) is 3.75. The van der Waals surface area contributed by atoms with Crippen LogP contribution in [0.15, 0.2) is 23.1 Å². The van der Waals surface area contributed by atoms with E-state index in [1.54, 1.807) is 12.1 Å². The highest BCUT2D eigenvalue weighted by molar-refractivity contribution is 7.91. The summed E-state index contributed by atoms with van der Waals surface area (Å²) in [6.45, 7) is 0.993. The number of fused-ring (bicyclic) bond motifs is 1. The fraction of sp³-hybridized carbons (Fsp3) is 0.533. The molecule has 2 aromatic rings. The lowest BCUT2D eigenvalue weighted by atomic mass is 10.1. The first-order valence-electron chi connectivity index (χ1n) is 7.37. The molecule has 3 rings (SSSR count). The first kappa shape index (κ1) is 14.5. The Labute approximate surface area is 125 Å². The second kappa shape index (κ2) is 5.42. The zero-order valence-corrected chi connectivity index (χ0v) is 13.3. The second-order valence-corrected chi connectivity index (χ2v) is 7.77. The fourth-order valence-electron chi connectivity index (χ4n) is 3.07. The molecule has 1 N–H and O–H groups in total. The third kappa shape index (κ3) is 2.70. The number of aromatic nitrogens is 2. The number of hydrogen-bond acceptors (Lipinski definition) is 4. The van der Waals surface area contributed by atoms with Crippen molar-refractivity contribution in [1.29, 1.82) is 0 Å². The van der Waals surface area contributed by atoms with E-state index in [0.717, 1.165) is 24.3 Å². The first-order valence-corrected chi connectivity index (χ1v) is 9.26. The summed E-state index contributed by atoms with van der Waals surface area (Å²) in [5.41, 5.74) is 1.46. The predicted molar refractivity (Wildman–Crippen MR) is 83.0 cm³/mol. The Morgan fingerprint density at radius 2 is 2.10 bits per heavy atom. The lowest BCUT2D eigenvalue weighted by Gasteiger charge is -2.15. The van der Waals surface area contributed by atoms with Gasteiger partial charge in [0.1, 0.15) is 11.3 Å². The second-order valence-electron chi connectivity index (χ2n) is 5.78. The van der Waals surface area contributed by atoms with Crippen molar-refractivity contribution in [3.63, 3.8) is 0 Å². The monoisotopic (exact) mass is 307 g/mol. The van der Waals surface area contributed by atoms with Crippen molar-refractivity contribution >= 4 is 20.9 Å². The fourth-order valence-corrected chi connectivity index (χ4v) is 3.89. The number of benzene rings is 1. The van der Waals surface area contributed by atoms with Crippen LogP contribution in [0.5, 0.6) is 0 Å². The molecule has 0 amide bonds. The van der Waals surface area contributed by atoms with Gasteiger partial charge in [-0.05, 0) is 31.5 Å². The molecule has 1 saturated heterocycles. The number of nitrogens with one attached hydrogen (secondary N) is 1. The molecule has 0 saturated carbocycles. The Bertz CT molecular complexity index is 757. The molecule has 1 aromatic heterocycles. The van der Waals surface area contributed by atoms with Gasteiger partial charge in [0.05, 0.1) is 16.5 Å². The summed E-state index contributed by atoms with van der Waals surface area (Å²) in [7, 11) is -1.31. The molecule has 114 valence electrons. The largest absolute Gasteiger partial charge is 0.330 e. The Morgan fingerprint density at radius 1 is 1.29 bits per heavy atom. The summed E-state index contributed by atoms with van der Waals surface area (Å²) < 4.78 is 25.9. The van der Waals surface area contributed by atoms with Crippen LogP contribution >= 0.6 is 0 Å². The van der Waals surface area contributed by atoms with Crippen molar-refractivity contribution in [1.82, 2.24) is 14.9 Å². The molecule has 1 aromatic carbocycles. The Hall–Kier alpha value is -1.40. The molecule has 21 heavy (non-hydrogen) atoms. The molecule has 0 bridgehead atoms. The SMILES string of the molecule is Cn1c(C2CCCCCN2)nc2c(S(C)(=O)=O)cccc21. The maximum atomic E-state index is 11.9. The van der Waals surface area contributed by atoms with Crippen molar-refractivity contribution in [2.24, 2.45) is 7.05 Å². The van der Waals surface area contributed by atoms with E-state index in [4.69, 9.17) is 0 Å². The van der Waals surface area contributed by atoms with E-state index in [0.29, 0.717) is 10.4 Å². The van der Waals surface area contributed by atoms with Gasteiger partial charge in [-0.25, -0.2) is 13.4 Å². The smallest absolute Gasteiger partial charge is 0.177 e. The third-order valence-electron chi connectivity index (χ3n) is 4.18. The van der Waals surface area contributed by atoms with Crippen LogP contribution in [-0.4, -0.2) is 30.8 Å². The van der Waals surface area contributed by atoms with Crippen LogP contribution in [0.1, 0.15) is 37.5 Å². The van der Waals surface area contributed by atoms with Crippen LogP contribution in [0.2, 0.25) is 0 Å². The average Bonchev–Trinajstić information content (AvgIpc) is 2.64. The van der Waals surface area contributed by atoms with E-state index in [-0.39, 0.29) is 6.04 Å². The molecule has 6 heteroatoms. The van der Waals surface area contributed by atoms with E-state index in [2.05, 4.69) is 10.3 Å². The van der Waals surface area contributed by atoms with Gasteiger partial charge in [0.2, 0.25) is 0 Å². The van der Waals surface area contributed by atoms with Gasteiger partial charge in [0, 0.05) is 13.3 Å². The Morgan fingerprint density at radius 3 is 2.86 bits per heavy atom. The number of para-hydroxylation sites is 1. The quantitative estimate of drug-likeness (QED) is 0.923. The molecule has 1 atom stereocenters. The maximum absolute atomic E-state index is 11.9. The van der Waals surface area contributed by atoms with Gasteiger partial charge in [0.25, 0.3) is 0 Å². The van der Waals surface area contributed by atoms with Crippen molar-refractivity contribution in [3.8, 4) is 0 Å². The summed E-state index contributed by atoms with van der Waals surface area (Å²) in [5.74, 6) is 0.933. The molecule has 0 spiro atoms. The van der Waals surface area contributed by atoms with E-state index < -0.39 is 9.84 Å². The number of nitrogens with zero attached hydrogens (tertiary/aromatic N) is 2. The summed E-state index contributed by atoms with van der Waals surface area (Å²) in [6.07, 6.45) is 5.89. The number of aryl methyl sites for hydroxylation is 1. The molecule has 5 nitrogen and oxygen atoms in total. The highest BCUT2D eigenvalue weighted by Gasteiger charge is 2.22. The minimum absolute atomic E-state index is 0.206. The minimum Gasteiger partial charge on any atom is -0.330 e. The van der Waals surface area contributed by atoms with Crippen molar-refractivity contribution in [3.05, 3.63) is 24.0 Å². The highest BCUT2D eigenvalue weighted by atomic mass is 32.2. The van der Waals surface area contributed by atoms with E-state index in [1.807, 2.05) is 17.7 Å². The number of rotatable bonds is 2. The maximum Gasteiger partial charge on any atom is 0.177 e. The molecule has 2 heterocycles. The predicted octanol–water partition coefficient (Wildman–Crippen LogP) is 2.18. The van der Waals surface area contributed by atoms with Gasteiger partial charge in [-0.1, -0.05) is 18.9 Å². The summed E-state index contributed by atoms with van der Waals surface area (Å²) in [5, 5.41) is 3.53. The van der Waals surface area contributed by atoms with Gasteiger partial charge >= 0.3 is 0 Å². The Balaban J connectivity index is 2.15. The summed E-state index contributed by atoms with van der Waals surface area (Å²) >= 11 is 0. The molecule has 1 aliphatic rings. The van der Waals surface area contributed by atoms with Gasteiger partial charge < -0.3 is 9.88 Å². The van der Waals surface area contributed by atoms with Crippen molar-refractivity contribution in [2.45, 2.75) is 36.6 Å². The van der Waals surface area contributed by atoms with Crippen LogP contribution < -0.4 is 5.32 Å². The van der Waals surface area contributed by atoms with Gasteiger partial charge in [-0.15, -0.1) is 0 Å². The van der Waals surface area contributed by atoms with E-state index >= 15 is 0 Å². The minimum atomic E-state index is -3.27. The van der Waals surface area contributed by atoms with Gasteiger partial charge in [0.15, 0.2) is 9.84 Å². The van der Waals surface area contributed by atoms with Gasteiger partial charge in [-0.3, -0.25) is 0 Å². The van der Waals surface area contributed by atoms with Gasteiger partial charge in [-0.2, -0.15) is 0 Å². The zero-order chi connectivity index (χ0) is 15.0. The zero-order valence-electron chi connectivity index (χ0n) is 12.5. The number of sulfone groups is 1. The van der Waals surface area contributed by atoms with Crippen LogP contribution in [-0.2, 0) is 16.9 Å². The lowest BCUT2D eigenvalue weighted by molar-refractivity contribution is 0.496. The summed E-state index contributed by atoms with van der Waals surface area (Å²) in [4.78, 5) is 4.98. The summed E-state index contributed by atoms with van der Waals surface area (Å²) in [6, 6.07) is 5.55. The molecular formula is C15H21N3O2S. The van der Waals surface area contributed by atoms with Crippen LogP contribution in [0.25, 0.3) is 11.0 Å². The van der Waals surface area contributed by atoms with Crippen molar-refractivity contribution < 1.29 is 8.42 Å². The normalized spacial score (nSPS) is 20.6. The topological polar surface area (TPSA) is 64.0 Å². The van der Waals surface area contributed by atoms with Crippen molar-refractivity contribution in [2.75, 3.05) is 12.8 Å². The highest BCUT2D eigenvalue weighted by Crippen LogP contribution is 2.28. The first-order chi connectivity index (χ1) is 9.98. The van der Waals surface area contributed by atoms with E-state index in [9.17, 15) is 8.42 Å². The van der Waals surface area contributed by atoms with Crippen LogP contribution in [0.3, 0.4) is 0 Å². The molecule has 1 unspecified atom stereocenters. The lowest BCUT2D eigenvalue weighted by Crippen LogP contribution is -2.23. The van der Waals surface area contributed by atoms with Crippen LogP contribution in [0.4, 0.5) is 0 Å². The molecular weight excluding hydrogens is 286 g/mol. The molecule has 0 aliphatic carbocycles. The van der Waals surface area contributed by atoms with E-state index in [1.165, 1.54) is 25.5 Å². The molecule has 1 fully saturated rings. The number of imidazole rings is 1. The standard InChI is InChI=1S/C15H21N3O2S/c1-18-12-8-6-9-13(21(2,19)20)14(12)17-15(18)11-7-4-3-5-10-16-11/h6,8-9,11,16H,3-5,7,10H2,1-2H3. The number of hydrogen-bond donors (Lipinski definition) is 1. The van der Waals surface area contributed by atoms with Crippen LogP contribution in [0, 0.1) is 0 Å². The average molecular weight is 307 g/mol. The molecule has 0 radical (unpaired) electrons. The molecule has 1 aliphatic heterocycles. The third-order valence-corrected chi connectivity index (χ3v) is 5.31.